The zero-order chi connectivity index (χ0) is 12.5. The SMILES string of the molecule is CCC(C)C(=O)c1cc(C)c(Br)c(C)c1N. The topological polar surface area (TPSA) is 43.1 Å². The van der Waals surface area contributed by atoms with Crippen molar-refractivity contribution in [3.63, 3.8) is 0 Å². The van der Waals surface area contributed by atoms with E-state index < -0.39 is 0 Å². The Balaban J connectivity index is 3.31. The third kappa shape index (κ3) is 2.29. The number of rotatable bonds is 3. The highest BCUT2D eigenvalue weighted by molar-refractivity contribution is 9.10. The Labute approximate surface area is 105 Å². The molecule has 1 rings (SSSR count). The van der Waals surface area contributed by atoms with Gasteiger partial charge in [-0.05, 0) is 37.5 Å². The minimum atomic E-state index is 0.0299. The Bertz CT molecular complexity index is 426. The van der Waals surface area contributed by atoms with Gasteiger partial charge in [-0.25, -0.2) is 0 Å². The molecule has 0 fully saturated rings. The zero-order valence-electron chi connectivity index (χ0n) is 10.2. The third-order valence-electron chi connectivity index (χ3n) is 3.06. The molecule has 1 unspecified atom stereocenters. The van der Waals surface area contributed by atoms with Gasteiger partial charge in [-0.3, -0.25) is 4.79 Å². The molecule has 1 aromatic carbocycles. The van der Waals surface area contributed by atoms with Crippen LogP contribution in [0.25, 0.3) is 0 Å². The molecule has 16 heavy (non-hydrogen) atoms. The molecule has 0 radical (unpaired) electrons. The zero-order valence-corrected chi connectivity index (χ0v) is 11.8. The van der Waals surface area contributed by atoms with Crippen LogP contribution in [-0.4, -0.2) is 5.78 Å². The van der Waals surface area contributed by atoms with Crippen molar-refractivity contribution in [3.05, 3.63) is 27.2 Å². The molecular formula is C13H18BrNO. The molecule has 88 valence electrons. The molecule has 2 N–H and O–H groups in total. The number of aryl methyl sites for hydroxylation is 1. The van der Waals surface area contributed by atoms with Crippen molar-refractivity contribution in [2.45, 2.75) is 34.1 Å². The normalized spacial score (nSPS) is 12.6. The number of benzene rings is 1. The Morgan fingerprint density at radius 1 is 1.50 bits per heavy atom. The van der Waals surface area contributed by atoms with Crippen molar-refractivity contribution in [1.82, 2.24) is 0 Å². The fourth-order valence-corrected chi connectivity index (χ4v) is 1.96. The van der Waals surface area contributed by atoms with Gasteiger partial charge in [0.05, 0.1) is 0 Å². The van der Waals surface area contributed by atoms with Gasteiger partial charge in [0.15, 0.2) is 5.78 Å². The first kappa shape index (κ1) is 13.2. The molecule has 0 saturated carbocycles. The number of ketones is 1. The Morgan fingerprint density at radius 3 is 2.56 bits per heavy atom. The van der Waals surface area contributed by atoms with Crippen LogP contribution >= 0.6 is 15.9 Å². The monoisotopic (exact) mass is 283 g/mol. The summed E-state index contributed by atoms with van der Waals surface area (Å²) in [5.41, 5.74) is 9.26. The second-order valence-electron chi connectivity index (χ2n) is 4.27. The van der Waals surface area contributed by atoms with Crippen LogP contribution in [0.4, 0.5) is 5.69 Å². The molecule has 0 aliphatic rings. The Kier molecular flexibility index (Phi) is 4.14. The average molecular weight is 284 g/mol. The maximum absolute atomic E-state index is 12.1. The minimum absolute atomic E-state index is 0.0299. The lowest BCUT2D eigenvalue weighted by atomic mass is 9.93. The number of nitrogen functional groups attached to an aromatic ring is 1. The molecule has 0 aliphatic heterocycles. The summed E-state index contributed by atoms with van der Waals surface area (Å²) in [4.78, 5) is 12.1. The van der Waals surface area contributed by atoms with Crippen molar-refractivity contribution in [1.29, 1.82) is 0 Å². The van der Waals surface area contributed by atoms with E-state index in [4.69, 9.17) is 5.73 Å². The van der Waals surface area contributed by atoms with E-state index in [-0.39, 0.29) is 11.7 Å². The van der Waals surface area contributed by atoms with Gasteiger partial charge in [-0.15, -0.1) is 0 Å². The van der Waals surface area contributed by atoms with Crippen LogP contribution in [-0.2, 0) is 0 Å². The standard InChI is InChI=1S/C13H18BrNO/c1-5-7(2)13(16)10-6-8(3)11(14)9(4)12(10)15/h6-7H,5,15H2,1-4H3. The summed E-state index contributed by atoms with van der Waals surface area (Å²) in [6.45, 7) is 7.86. The number of Topliss-reactive ketones (excluding diaryl/α,β-unsaturated/α-hetero) is 1. The van der Waals surface area contributed by atoms with E-state index >= 15 is 0 Å². The maximum Gasteiger partial charge on any atom is 0.167 e. The number of carbonyl (C=O) groups is 1. The first-order chi connectivity index (χ1) is 7.40. The Morgan fingerprint density at radius 2 is 2.06 bits per heavy atom. The lowest BCUT2D eigenvalue weighted by Gasteiger charge is -2.14. The highest BCUT2D eigenvalue weighted by Gasteiger charge is 2.19. The minimum Gasteiger partial charge on any atom is -0.398 e. The van der Waals surface area contributed by atoms with E-state index in [0.717, 1.165) is 22.0 Å². The first-order valence-corrected chi connectivity index (χ1v) is 6.28. The van der Waals surface area contributed by atoms with E-state index in [1.807, 2.05) is 33.8 Å². The van der Waals surface area contributed by atoms with Crippen molar-refractivity contribution in [2.24, 2.45) is 5.92 Å². The highest BCUT2D eigenvalue weighted by Crippen LogP contribution is 2.30. The predicted octanol–water partition coefficient (Wildman–Crippen LogP) is 3.88. The number of halogens is 1. The molecule has 0 aromatic heterocycles. The predicted molar refractivity (Wildman–Crippen MR) is 71.8 cm³/mol. The molecule has 0 saturated heterocycles. The number of hydrogen-bond donors (Lipinski definition) is 1. The molecule has 1 atom stereocenters. The smallest absolute Gasteiger partial charge is 0.167 e. The number of nitrogens with two attached hydrogens (primary N) is 1. The van der Waals surface area contributed by atoms with Crippen LogP contribution in [0, 0.1) is 19.8 Å². The highest BCUT2D eigenvalue weighted by atomic mass is 79.9. The van der Waals surface area contributed by atoms with Gasteiger partial charge in [0.1, 0.15) is 0 Å². The number of carbonyl (C=O) groups excluding carboxylic acids is 1. The summed E-state index contributed by atoms with van der Waals surface area (Å²) < 4.78 is 0.991. The van der Waals surface area contributed by atoms with Crippen LogP contribution in [0.5, 0.6) is 0 Å². The largest absolute Gasteiger partial charge is 0.398 e. The van der Waals surface area contributed by atoms with Gasteiger partial charge in [-0.2, -0.15) is 0 Å². The summed E-state index contributed by atoms with van der Waals surface area (Å²) >= 11 is 3.48. The molecule has 0 aliphatic carbocycles. The van der Waals surface area contributed by atoms with Crippen LogP contribution in [0.3, 0.4) is 0 Å². The molecular weight excluding hydrogens is 266 g/mol. The lowest BCUT2D eigenvalue weighted by Crippen LogP contribution is -2.14. The summed E-state index contributed by atoms with van der Waals surface area (Å²) in [5.74, 6) is 0.168. The van der Waals surface area contributed by atoms with Crippen molar-refractivity contribution in [3.8, 4) is 0 Å². The van der Waals surface area contributed by atoms with E-state index in [1.165, 1.54) is 0 Å². The van der Waals surface area contributed by atoms with E-state index in [0.29, 0.717) is 11.3 Å². The van der Waals surface area contributed by atoms with E-state index in [9.17, 15) is 4.79 Å². The van der Waals surface area contributed by atoms with Crippen molar-refractivity contribution >= 4 is 27.4 Å². The van der Waals surface area contributed by atoms with Gasteiger partial charge >= 0.3 is 0 Å². The second kappa shape index (κ2) is 5.00. The summed E-state index contributed by atoms with van der Waals surface area (Å²) in [6, 6.07) is 1.88. The van der Waals surface area contributed by atoms with Crippen molar-refractivity contribution in [2.75, 3.05) is 5.73 Å². The molecule has 2 nitrogen and oxygen atoms in total. The summed E-state index contributed by atoms with van der Waals surface area (Å²) in [6.07, 6.45) is 0.840. The molecule has 0 amide bonds. The van der Waals surface area contributed by atoms with Gasteiger partial charge in [0.25, 0.3) is 0 Å². The van der Waals surface area contributed by atoms with Gasteiger partial charge in [0.2, 0.25) is 0 Å². The molecule has 0 heterocycles. The summed E-state index contributed by atoms with van der Waals surface area (Å²) in [5, 5.41) is 0. The molecule has 1 aromatic rings. The van der Waals surface area contributed by atoms with E-state index in [1.54, 1.807) is 0 Å². The van der Waals surface area contributed by atoms with Crippen molar-refractivity contribution < 1.29 is 4.79 Å². The fraction of sp³-hybridized carbons (Fsp3) is 0.462. The molecule has 3 heteroatoms. The number of anilines is 1. The van der Waals surface area contributed by atoms with Crippen LogP contribution in [0.1, 0.15) is 41.8 Å². The average Bonchev–Trinajstić information content (AvgIpc) is 2.29. The van der Waals surface area contributed by atoms with Crippen LogP contribution in [0.2, 0.25) is 0 Å². The Hall–Kier alpha value is -0.830. The molecule has 0 spiro atoms. The molecule has 0 bridgehead atoms. The second-order valence-corrected chi connectivity index (χ2v) is 5.06. The summed E-state index contributed by atoms with van der Waals surface area (Å²) in [7, 11) is 0. The van der Waals surface area contributed by atoms with Gasteiger partial charge < -0.3 is 5.73 Å². The van der Waals surface area contributed by atoms with Crippen LogP contribution in [0.15, 0.2) is 10.5 Å². The van der Waals surface area contributed by atoms with E-state index in [2.05, 4.69) is 15.9 Å². The first-order valence-electron chi connectivity index (χ1n) is 5.49. The lowest BCUT2D eigenvalue weighted by molar-refractivity contribution is 0.0928. The van der Waals surface area contributed by atoms with Gasteiger partial charge in [-0.1, -0.05) is 29.8 Å². The third-order valence-corrected chi connectivity index (χ3v) is 4.28. The maximum atomic E-state index is 12.1. The van der Waals surface area contributed by atoms with Crippen LogP contribution < -0.4 is 5.73 Å². The quantitative estimate of drug-likeness (QED) is 0.676. The van der Waals surface area contributed by atoms with Gasteiger partial charge in [0, 0.05) is 21.6 Å². The fourth-order valence-electron chi connectivity index (χ4n) is 1.63. The number of hydrogen-bond acceptors (Lipinski definition) is 2.